The van der Waals surface area contributed by atoms with E-state index in [9.17, 15) is 10.1 Å². The lowest BCUT2D eigenvalue weighted by atomic mass is 10.1. The second kappa shape index (κ2) is 5.27. The maximum Gasteiger partial charge on any atom is 0.270 e. The number of benzene rings is 2. The molecule has 0 aliphatic carbocycles. The maximum atomic E-state index is 10.8. The van der Waals surface area contributed by atoms with Crippen molar-refractivity contribution in [3.8, 4) is 20.9 Å². The first-order valence-electron chi connectivity index (χ1n) is 6.14. The number of thiophene rings is 1. The highest BCUT2D eigenvalue weighted by molar-refractivity contribution is 7.18. The monoisotopic (exact) mass is 281 g/mol. The van der Waals surface area contributed by atoms with Crippen LogP contribution >= 0.6 is 11.3 Å². The minimum absolute atomic E-state index is 0.122. The van der Waals surface area contributed by atoms with Crippen LogP contribution in [0.25, 0.3) is 20.9 Å². The van der Waals surface area contributed by atoms with Crippen LogP contribution in [0.1, 0.15) is 0 Å². The van der Waals surface area contributed by atoms with Gasteiger partial charge in [-0.2, -0.15) is 0 Å². The Morgan fingerprint density at radius 3 is 2.15 bits per heavy atom. The van der Waals surface area contributed by atoms with Crippen LogP contribution in [0.2, 0.25) is 0 Å². The van der Waals surface area contributed by atoms with E-state index in [4.69, 9.17) is 0 Å². The fraction of sp³-hybridized carbons (Fsp3) is 0. The van der Waals surface area contributed by atoms with E-state index in [0.29, 0.717) is 0 Å². The number of nitro groups is 1. The quantitative estimate of drug-likeness (QED) is 0.501. The van der Waals surface area contributed by atoms with Gasteiger partial charge in [0.25, 0.3) is 5.69 Å². The van der Waals surface area contributed by atoms with Crippen LogP contribution in [-0.4, -0.2) is 4.92 Å². The van der Waals surface area contributed by atoms with Gasteiger partial charge in [0.1, 0.15) is 0 Å². The Morgan fingerprint density at radius 2 is 1.45 bits per heavy atom. The topological polar surface area (TPSA) is 43.1 Å². The van der Waals surface area contributed by atoms with Crippen LogP contribution in [-0.2, 0) is 0 Å². The highest BCUT2D eigenvalue weighted by Gasteiger charge is 2.09. The Bertz CT molecular complexity index is 750. The third-order valence-corrected chi connectivity index (χ3v) is 4.19. The number of non-ortho nitro benzene ring substituents is 1. The number of hydrogen-bond donors (Lipinski definition) is 0. The second-order valence-electron chi connectivity index (χ2n) is 4.34. The van der Waals surface area contributed by atoms with Crippen LogP contribution in [0.3, 0.4) is 0 Å². The summed E-state index contributed by atoms with van der Waals surface area (Å²) in [5, 5.41) is 10.8. The maximum absolute atomic E-state index is 10.8. The third kappa shape index (κ3) is 2.46. The molecule has 0 unspecified atom stereocenters. The standard InChI is InChI=1S/C16H11NO2S/c18-17(19)14-8-4-7-13(11-14)16-10-9-15(20-16)12-5-2-1-3-6-12/h1-11H. The van der Waals surface area contributed by atoms with Crippen LogP contribution in [0.4, 0.5) is 5.69 Å². The zero-order valence-corrected chi connectivity index (χ0v) is 11.3. The van der Waals surface area contributed by atoms with Crippen molar-refractivity contribution in [2.24, 2.45) is 0 Å². The average molecular weight is 281 g/mol. The Balaban J connectivity index is 1.98. The van der Waals surface area contributed by atoms with Crippen molar-refractivity contribution in [2.45, 2.75) is 0 Å². The predicted octanol–water partition coefficient (Wildman–Crippen LogP) is 4.99. The van der Waals surface area contributed by atoms with Gasteiger partial charge in [-0.15, -0.1) is 11.3 Å². The number of hydrogen-bond acceptors (Lipinski definition) is 3. The normalized spacial score (nSPS) is 10.4. The van der Waals surface area contributed by atoms with Crippen LogP contribution < -0.4 is 0 Å². The summed E-state index contributed by atoms with van der Waals surface area (Å²) in [6, 6.07) is 20.9. The van der Waals surface area contributed by atoms with Gasteiger partial charge in [-0.3, -0.25) is 10.1 Å². The lowest BCUT2D eigenvalue weighted by Gasteiger charge is -1.98. The first-order chi connectivity index (χ1) is 9.74. The summed E-state index contributed by atoms with van der Waals surface area (Å²) in [6.45, 7) is 0. The van der Waals surface area contributed by atoms with Crippen LogP contribution in [0, 0.1) is 10.1 Å². The molecule has 0 aliphatic heterocycles. The third-order valence-electron chi connectivity index (χ3n) is 3.01. The molecule has 0 radical (unpaired) electrons. The summed E-state index contributed by atoms with van der Waals surface area (Å²) in [4.78, 5) is 12.6. The van der Waals surface area contributed by atoms with Gasteiger partial charge in [0.2, 0.25) is 0 Å². The van der Waals surface area contributed by atoms with Gasteiger partial charge in [0.15, 0.2) is 0 Å². The zero-order chi connectivity index (χ0) is 13.9. The number of nitrogens with zero attached hydrogens (tertiary/aromatic N) is 1. The molecule has 0 atom stereocenters. The molecule has 0 fully saturated rings. The van der Waals surface area contributed by atoms with E-state index in [1.807, 2.05) is 36.4 Å². The first-order valence-corrected chi connectivity index (χ1v) is 6.96. The Labute approximate surface area is 120 Å². The molecular weight excluding hydrogens is 270 g/mol. The second-order valence-corrected chi connectivity index (χ2v) is 5.42. The molecule has 1 aromatic heterocycles. The van der Waals surface area contributed by atoms with Gasteiger partial charge >= 0.3 is 0 Å². The van der Waals surface area contributed by atoms with E-state index >= 15 is 0 Å². The molecule has 20 heavy (non-hydrogen) atoms. The Morgan fingerprint density at radius 1 is 0.800 bits per heavy atom. The fourth-order valence-corrected chi connectivity index (χ4v) is 3.03. The molecule has 3 rings (SSSR count). The van der Waals surface area contributed by atoms with E-state index in [2.05, 4.69) is 12.1 Å². The van der Waals surface area contributed by atoms with E-state index in [-0.39, 0.29) is 10.6 Å². The van der Waals surface area contributed by atoms with Gasteiger partial charge in [-0.1, -0.05) is 42.5 Å². The Kier molecular flexibility index (Phi) is 3.31. The molecule has 0 aliphatic rings. The predicted molar refractivity (Wildman–Crippen MR) is 81.8 cm³/mol. The van der Waals surface area contributed by atoms with E-state index < -0.39 is 0 Å². The first kappa shape index (κ1) is 12.6. The molecule has 0 N–H and O–H groups in total. The molecular formula is C16H11NO2S. The summed E-state index contributed by atoms with van der Waals surface area (Å²) in [7, 11) is 0. The van der Waals surface area contributed by atoms with Crippen molar-refractivity contribution in [3.05, 3.63) is 76.8 Å². The highest BCUT2D eigenvalue weighted by atomic mass is 32.1. The molecule has 1 heterocycles. The molecule has 4 heteroatoms. The summed E-state index contributed by atoms with van der Waals surface area (Å²) in [5.41, 5.74) is 2.16. The molecule has 0 spiro atoms. The van der Waals surface area contributed by atoms with Gasteiger partial charge in [-0.05, 0) is 23.3 Å². The molecule has 0 amide bonds. The van der Waals surface area contributed by atoms with E-state index in [1.165, 1.54) is 6.07 Å². The number of rotatable bonds is 3. The summed E-state index contributed by atoms with van der Waals surface area (Å²) >= 11 is 1.64. The molecule has 98 valence electrons. The van der Waals surface area contributed by atoms with Gasteiger partial charge in [0.05, 0.1) is 4.92 Å². The smallest absolute Gasteiger partial charge is 0.258 e. The summed E-state index contributed by atoms with van der Waals surface area (Å²) in [5.74, 6) is 0. The van der Waals surface area contributed by atoms with Crippen molar-refractivity contribution in [1.29, 1.82) is 0 Å². The fourth-order valence-electron chi connectivity index (χ4n) is 2.02. The highest BCUT2D eigenvalue weighted by Crippen LogP contribution is 2.35. The largest absolute Gasteiger partial charge is 0.270 e. The molecule has 0 saturated carbocycles. The average Bonchev–Trinajstić information content (AvgIpc) is 2.98. The Hall–Kier alpha value is -2.46. The van der Waals surface area contributed by atoms with Crippen molar-refractivity contribution < 1.29 is 4.92 Å². The molecule has 3 aromatic rings. The van der Waals surface area contributed by atoms with Gasteiger partial charge in [-0.25, -0.2) is 0 Å². The van der Waals surface area contributed by atoms with E-state index in [1.54, 1.807) is 23.5 Å². The molecule has 2 aromatic carbocycles. The zero-order valence-electron chi connectivity index (χ0n) is 10.5. The van der Waals surface area contributed by atoms with Gasteiger partial charge in [0, 0.05) is 21.9 Å². The number of nitro benzene ring substituents is 1. The SMILES string of the molecule is O=[N+]([O-])c1cccc(-c2ccc(-c3ccccc3)s2)c1. The lowest BCUT2D eigenvalue weighted by Crippen LogP contribution is -1.87. The van der Waals surface area contributed by atoms with Crippen LogP contribution in [0.5, 0.6) is 0 Å². The van der Waals surface area contributed by atoms with Crippen molar-refractivity contribution in [2.75, 3.05) is 0 Å². The molecule has 3 nitrogen and oxygen atoms in total. The van der Waals surface area contributed by atoms with E-state index in [0.717, 1.165) is 20.9 Å². The minimum atomic E-state index is -0.366. The summed E-state index contributed by atoms with van der Waals surface area (Å²) in [6.07, 6.45) is 0. The summed E-state index contributed by atoms with van der Waals surface area (Å²) < 4.78 is 0. The van der Waals surface area contributed by atoms with Gasteiger partial charge < -0.3 is 0 Å². The van der Waals surface area contributed by atoms with Crippen molar-refractivity contribution in [1.82, 2.24) is 0 Å². The molecule has 0 saturated heterocycles. The van der Waals surface area contributed by atoms with Crippen molar-refractivity contribution in [3.63, 3.8) is 0 Å². The van der Waals surface area contributed by atoms with Crippen LogP contribution in [0.15, 0.2) is 66.7 Å². The minimum Gasteiger partial charge on any atom is -0.258 e. The lowest BCUT2D eigenvalue weighted by molar-refractivity contribution is -0.384. The molecule has 0 bridgehead atoms. The van der Waals surface area contributed by atoms with Crippen molar-refractivity contribution >= 4 is 17.0 Å².